The summed E-state index contributed by atoms with van der Waals surface area (Å²) in [4.78, 5) is 3.95. The summed E-state index contributed by atoms with van der Waals surface area (Å²) in [6, 6.07) is 1.61. The fourth-order valence-corrected chi connectivity index (χ4v) is 2.15. The Kier molecular flexibility index (Phi) is 3.33. The van der Waals surface area contributed by atoms with Crippen LogP contribution in [-0.4, -0.2) is 16.5 Å². The van der Waals surface area contributed by atoms with Crippen molar-refractivity contribution in [3.05, 3.63) is 28.2 Å². The van der Waals surface area contributed by atoms with E-state index in [0.29, 0.717) is 0 Å². The van der Waals surface area contributed by atoms with Gasteiger partial charge in [-0.2, -0.15) is 0 Å². The summed E-state index contributed by atoms with van der Waals surface area (Å²) in [5.74, 6) is 5.54. The third kappa shape index (κ3) is 2.35. The normalized spacial score (nSPS) is 23.0. The topological polar surface area (TPSA) is 42.1 Å². The van der Waals surface area contributed by atoms with Gasteiger partial charge in [-0.25, -0.2) is 14.4 Å². The van der Waals surface area contributed by atoms with E-state index in [9.17, 15) is 4.39 Å². The highest BCUT2D eigenvalue weighted by atomic mass is 79.9. The lowest BCUT2D eigenvalue weighted by molar-refractivity contribution is 0.151. The Morgan fingerprint density at radius 3 is 3.00 bits per heavy atom. The molecule has 1 aromatic heterocycles. The molecule has 1 saturated heterocycles. The Hall–Kier alpha value is -0.520. The molecule has 1 aliphatic rings. The van der Waals surface area contributed by atoms with E-state index < -0.39 is 0 Å². The molecule has 0 aromatic carbocycles. The number of hydrogen-bond donors (Lipinski definition) is 1. The van der Waals surface area contributed by atoms with Gasteiger partial charge in [0.1, 0.15) is 4.60 Å². The van der Waals surface area contributed by atoms with Crippen molar-refractivity contribution in [2.45, 2.75) is 25.3 Å². The van der Waals surface area contributed by atoms with Gasteiger partial charge in [-0.3, -0.25) is 5.84 Å². The molecule has 0 bridgehead atoms. The molecule has 1 atom stereocenters. The second-order valence-corrected chi connectivity index (χ2v) is 4.54. The molecule has 82 valence electrons. The largest absolute Gasteiger partial charge is 0.268 e. The minimum absolute atomic E-state index is 0.105. The zero-order valence-corrected chi connectivity index (χ0v) is 9.87. The van der Waals surface area contributed by atoms with Crippen molar-refractivity contribution in [2.24, 2.45) is 5.84 Å². The molecule has 0 radical (unpaired) electrons. The first-order chi connectivity index (χ1) is 7.18. The number of hydrogen-bond acceptors (Lipinski definition) is 3. The van der Waals surface area contributed by atoms with Gasteiger partial charge in [0.25, 0.3) is 0 Å². The molecular weight excluding hydrogens is 261 g/mol. The molecule has 1 aliphatic heterocycles. The molecule has 2 rings (SSSR count). The lowest BCUT2D eigenvalue weighted by atomic mass is 9.98. The number of aromatic nitrogens is 1. The van der Waals surface area contributed by atoms with Crippen molar-refractivity contribution in [3.63, 3.8) is 0 Å². The minimum atomic E-state index is -0.327. The second-order valence-electron chi connectivity index (χ2n) is 3.79. The van der Waals surface area contributed by atoms with E-state index in [1.807, 2.05) is 0 Å². The van der Waals surface area contributed by atoms with Crippen LogP contribution in [0.15, 0.2) is 16.9 Å². The summed E-state index contributed by atoms with van der Waals surface area (Å²) in [7, 11) is 0. The van der Waals surface area contributed by atoms with Crippen molar-refractivity contribution in [2.75, 3.05) is 6.54 Å². The fraction of sp³-hybridized carbons (Fsp3) is 0.500. The number of nitrogens with zero attached hydrogens (tertiary/aromatic N) is 2. The Bertz CT molecular complexity index is 359. The van der Waals surface area contributed by atoms with Crippen LogP contribution in [0.5, 0.6) is 0 Å². The predicted molar refractivity (Wildman–Crippen MR) is 59.4 cm³/mol. The molecule has 2 heterocycles. The molecule has 0 unspecified atom stereocenters. The summed E-state index contributed by atoms with van der Waals surface area (Å²) < 4.78 is 13.5. The molecular formula is C10H13BrFN3. The molecule has 0 saturated carbocycles. The van der Waals surface area contributed by atoms with Crippen molar-refractivity contribution in [3.8, 4) is 0 Å². The Morgan fingerprint density at radius 1 is 1.53 bits per heavy atom. The standard InChI is InChI=1S/C10H13BrFN3/c11-10-8(12)5-7(6-14-10)9-3-1-2-4-15(9)13/h5-6,9H,1-4,13H2/t9-/m1/s1. The van der Waals surface area contributed by atoms with Crippen LogP contribution in [-0.2, 0) is 0 Å². The Morgan fingerprint density at radius 2 is 2.33 bits per heavy atom. The van der Waals surface area contributed by atoms with Crippen molar-refractivity contribution >= 4 is 15.9 Å². The van der Waals surface area contributed by atoms with Crippen molar-refractivity contribution in [1.82, 2.24) is 9.99 Å². The van der Waals surface area contributed by atoms with Gasteiger partial charge in [0.05, 0.1) is 6.04 Å². The van der Waals surface area contributed by atoms with Gasteiger partial charge in [0.2, 0.25) is 0 Å². The van der Waals surface area contributed by atoms with E-state index in [1.54, 1.807) is 11.2 Å². The number of pyridine rings is 1. The number of halogens is 2. The molecule has 1 fully saturated rings. The third-order valence-electron chi connectivity index (χ3n) is 2.75. The van der Waals surface area contributed by atoms with Gasteiger partial charge >= 0.3 is 0 Å². The van der Waals surface area contributed by atoms with E-state index >= 15 is 0 Å². The predicted octanol–water partition coefficient (Wildman–Crippen LogP) is 2.38. The van der Waals surface area contributed by atoms with Crippen LogP contribution in [0.2, 0.25) is 0 Å². The highest BCUT2D eigenvalue weighted by Gasteiger charge is 2.22. The van der Waals surface area contributed by atoms with Gasteiger partial charge in [-0.1, -0.05) is 6.42 Å². The highest BCUT2D eigenvalue weighted by Crippen LogP contribution is 2.29. The lowest BCUT2D eigenvalue weighted by Crippen LogP contribution is -2.38. The lowest BCUT2D eigenvalue weighted by Gasteiger charge is -2.31. The maximum Gasteiger partial charge on any atom is 0.156 e. The van der Waals surface area contributed by atoms with Gasteiger partial charge in [-0.05, 0) is 40.4 Å². The number of nitrogens with two attached hydrogens (primary N) is 1. The maximum atomic E-state index is 13.3. The van der Waals surface area contributed by atoms with Crippen LogP contribution in [0.1, 0.15) is 30.9 Å². The molecule has 2 N–H and O–H groups in total. The molecule has 1 aromatic rings. The van der Waals surface area contributed by atoms with E-state index in [0.717, 1.165) is 31.4 Å². The number of rotatable bonds is 1. The summed E-state index contributed by atoms with van der Waals surface area (Å²) in [5, 5.41) is 1.77. The van der Waals surface area contributed by atoms with Crippen LogP contribution in [0.25, 0.3) is 0 Å². The van der Waals surface area contributed by atoms with Gasteiger partial charge < -0.3 is 0 Å². The summed E-state index contributed by atoms with van der Waals surface area (Å²) in [6.07, 6.45) is 4.90. The van der Waals surface area contributed by atoms with Crippen LogP contribution in [0.3, 0.4) is 0 Å². The SMILES string of the molecule is NN1CCCC[C@@H]1c1cnc(Br)c(F)c1. The van der Waals surface area contributed by atoms with Crippen LogP contribution in [0, 0.1) is 5.82 Å². The first-order valence-corrected chi connectivity index (χ1v) is 5.80. The van der Waals surface area contributed by atoms with E-state index in [4.69, 9.17) is 5.84 Å². The van der Waals surface area contributed by atoms with Crippen molar-refractivity contribution < 1.29 is 4.39 Å². The smallest absolute Gasteiger partial charge is 0.156 e. The molecule has 0 spiro atoms. The van der Waals surface area contributed by atoms with Gasteiger partial charge in [0, 0.05) is 12.7 Å². The van der Waals surface area contributed by atoms with E-state index in [1.165, 1.54) is 6.07 Å². The molecule has 15 heavy (non-hydrogen) atoms. The first kappa shape index (κ1) is 11.0. The monoisotopic (exact) mass is 273 g/mol. The van der Waals surface area contributed by atoms with Crippen molar-refractivity contribution in [1.29, 1.82) is 0 Å². The Labute approximate surface area is 96.6 Å². The zero-order chi connectivity index (χ0) is 10.8. The average Bonchev–Trinajstić information content (AvgIpc) is 2.23. The highest BCUT2D eigenvalue weighted by molar-refractivity contribution is 9.10. The average molecular weight is 274 g/mol. The maximum absolute atomic E-state index is 13.3. The number of hydrazine groups is 1. The second kappa shape index (κ2) is 4.55. The first-order valence-electron chi connectivity index (χ1n) is 5.01. The quantitative estimate of drug-likeness (QED) is 0.631. The summed E-state index contributed by atoms with van der Waals surface area (Å²) >= 11 is 3.04. The van der Waals surface area contributed by atoms with Crippen LogP contribution in [0.4, 0.5) is 4.39 Å². The fourth-order valence-electron chi connectivity index (χ4n) is 1.93. The van der Waals surface area contributed by atoms with Gasteiger partial charge in [-0.15, -0.1) is 0 Å². The minimum Gasteiger partial charge on any atom is -0.268 e. The Balaban J connectivity index is 2.24. The molecule has 0 amide bonds. The summed E-state index contributed by atoms with van der Waals surface area (Å²) in [6.45, 7) is 0.863. The summed E-state index contributed by atoms with van der Waals surface area (Å²) in [5.41, 5.74) is 0.859. The van der Waals surface area contributed by atoms with Gasteiger partial charge in [0.15, 0.2) is 5.82 Å². The van der Waals surface area contributed by atoms with E-state index in [2.05, 4.69) is 20.9 Å². The molecule has 5 heteroatoms. The number of piperidine rings is 1. The zero-order valence-electron chi connectivity index (χ0n) is 8.29. The molecule has 0 aliphatic carbocycles. The van der Waals surface area contributed by atoms with E-state index in [-0.39, 0.29) is 16.5 Å². The van der Waals surface area contributed by atoms with Crippen LogP contribution < -0.4 is 5.84 Å². The molecule has 3 nitrogen and oxygen atoms in total. The third-order valence-corrected chi connectivity index (χ3v) is 3.33. The van der Waals surface area contributed by atoms with Crippen LogP contribution >= 0.6 is 15.9 Å².